The molecule has 1 aromatic heterocycles. The van der Waals surface area contributed by atoms with Crippen molar-refractivity contribution in [2.75, 3.05) is 38.0 Å². The maximum absolute atomic E-state index is 13.5. The maximum Gasteiger partial charge on any atom is 0.317 e. The Balaban J connectivity index is 1.68. The monoisotopic (exact) mass is 476 g/mol. The van der Waals surface area contributed by atoms with Crippen LogP contribution in [0, 0.1) is 27.7 Å². The molecule has 1 aliphatic rings. The normalized spacial score (nSPS) is 14.5. The van der Waals surface area contributed by atoms with Gasteiger partial charge in [0.25, 0.3) is 5.91 Å². The molecule has 0 aliphatic carbocycles. The molecule has 0 bridgehead atoms. The maximum atomic E-state index is 13.5. The van der Waals surface area contributed by atoms with Crippen molar-refractivity contribution in [2.45, 2.75) is 47.7 Å². The minimum atomic E-state index is -0.832. The number of hydrogen-bond donors (Lipinski definition) is 2. The van der Waals surface area contributed by atoms with Gasteiger partial charge in [-0.3, -0.25) is 14.5 Å². The summed E-state index contributed by atoms with van der Waals surface area (Å²) >= 11 is 0. The van der Waals surface area contributed by atoms with E-state index in [-0.39, 0.29) is 12.5 Å². The Kier molecular flexibility index (Phi) is 7.17. The van der Waals surface area contributed by atoms with Crippen LogP contribution in [0.25, 0.3) is 10.9 Å². The lowest BCUT2D eigenvalue weighted by Gasteiger charge is -2.34. The van der Waals surface area contributed by atoms with Crippen molar-refractivity contribution in [1.82, 2.24) is 14.4 Å². The first kappa shape index (κ1) is 24.8. The number of nitrogens with one attached hydrogen (secondary N) is 1. The fourth-order valence-electron chi connectivity index (χ4n) is 5.22. The number of rotatable bonds is 7. The van der Waals surface area contributed by atoms with Crippen molar-refractivity contribution in [3.63, 3.8) is 0 Å². The average Bonchev–Trinajstić information content (AvgIpc) is 3.08. The lowest BCUT2D eigenvalue weighted by atomic mass is 10.0. The predicted octanol–water partition coefficient (Wildman–Crippen LogP) is 4.35. The van der Waals surface area contributed by atoms with Gasteiger partial charge in [0.2, 0.25) is 0 Å². The summed E-state index contributed by atoms with van der Waals surface area (Å²) < 4.78 is 2.32. The molecule has 2 N–H and O–H groups in total. The third-order valence-electron chi connectivity index (χ3n) is 7.41. The summed E-state index contributed by atoms with van der Waals surface area (Å²) in [6.45, 7) is 14.4. The van der Waals surface area contributed by atoms with Gasteiger partial charge in [-0.1, -0.05) is 18.2 Å². The van der Waals surface area contributed by atoms with Gasteiger partial charge in [0.05, 0.1) is 17.7 Å². The van der Waals surface area contributed by atoms with Crippen LogP contribution in [0.3, 0.4) is 0 Å². The minimum absolute atomic E-state index is 0.00158. The van der Waals surface area contributed by atoms with Crippen LogP contribution >= 0.6 is 0 Å². The second kappa shape index (κ2) is 10.1. The number of anilines is 1. The van der Waals surface area contributed by atoms with Crippen molar-refractivity contribution in [3.8, 4) is 0 Å². The van der Waals surface area contributed by atoms with E-state index < -0.39 is 5.97 Å². The lowest BCUT2D eigenvalue weighted by Crippen LogP contribution is -2.49. The molecule has 1 aliphatic heterocycles. The van der Waals surface area contributed by atoms with Crippen molar-refractivity contribution in [1.29, 1.82) is 0 Å². The van der Waals surface area contributed by atoms with Crippen molar-refractivity contribution < 1.29 is 14.7 Å². The Hall–Kier alpha value is -3.32. The molecule has 0 spiro atoms. The van der Waals surface area contributed by atoms with Crippen LogP contribution in [-0.4, -0.2) is 64.1 Å². The summed E-state index contributed by atoms with van der Waals surface area (Å²) in [5, 5.41) is 13.8. The molecule has 1 amide bonds. The number of benzene rings is 2. The van der Waals surface area contributed by atoms with Gasteiger partial charge in [0, 0.05) is 55.9 Å². The van der Waals surface area contributed by atoms with Crippen molar-refractivity contribution in [3.05, 3.63) is 63.8 Å². The Labute approximate surface area is 207 Å². The quantitative estimate of drug-likeness (QED) is 0.530. The van der Waals surface area contributed by atoms with E-state index in [4.69, 9.17) is 5.11 Å². The van der Waals surface area contributed by atoms with Gasteiger partial charge in [-0.15, -0.1) is 0 Å². The van der Waals surface area contributed by atoms with Gasteiger partial charge >= 0.3 is 5.97 Å². The standard InChI is InChI=1S/C28H36N4O3/c1-6-32-21(5)20(4)23-14-22(28(35)31-12-10-30(11-13-31)17-26(33)34)15-25(27(23)32)29-16-24-18(2)8-7-9-19(24)3/h7-9,14-15,29H,6,10-13,16-17H2,1-5H3,(H,33,34). The zero-order chi connectivity index (χ0) is 25.3. The topological polar surface area (TPSA) is 77.8 Å². The Bertz CT molecular complexity index is 1250. The second-order valence-corrected chi connectivity index (χ2v) is 9.56. The summed E-state index contributed by atoms with van der Waals surface area (Å²) in [6.07, 6.45) is 0. The van der Waals surface area contributed by atoms with E-state index in [1.165, 1.54) is 27.9 Å². The first-order chi connectivity index (χ1) is 16.7. The van der Waals surface area contributed by atoms with Crippen LogP contribution in [0.5, 0.6) is 0 Å². The summed E-state index contributed by atoms with van der Waals surface area (Å²) in [6, 6.07) is 10.4. The van der Waals surface area contributed by atoms with E-state index in [2.05, 4.69) is 62.7 Å². The Morgan fingerprint density at radius 2 is 1.66 bits per heavy atom. The van der Waals surface area contributed by atoms with Gasteiger partial charge in [0.1, 0.15) is 0 Å². The molecule has 7 heteroatoms. The highest BCUT2D eigenvalue weighted by atomic mass is 16.4. The SMILES string of the molecule is CCn1c(C)c(C)c2cc(C(=O)N3CCN(CC(=O)O)CC3)cc(NCc3c(C)cccc3C)c21. The van der Waals surface area contributed by atoms with Crippen molar-refractivity contribution in [2.24, 2.45) is 0 Å². The number of hydrogen-bond acceptors (Lipinski definition) is 4. The molecule has 0 radical (unpaired) electrons. The number of carboxylic acid groups (broad SMARTS) is 1. The van der Waals surface area contributed by atoms with E-state index in [1.54, 1.807) is 0 Å². The molecule has 0 unspecified atom stereocenters. The van der Waals surface area contributed by atoms with E-state index in [1.807, 2.05) is 21.9 Å². The predicted molar refractivity (Wildman–Crippen MR) is 140 cm³/mol. The number of piperazine rings is 1. The van der Waals surface area contributed by atoms with Gasteiger partial charge < -0.3 is 19.9 Å². The number of carbonyl (C=O) groups is 2. The number of aryl methyl sites for hydroxylation is 4. The highest BCUT2D eigenvalue weighted by Crippen LogP contribution is 2.34. The first-order valence-corrected chi connectivity index (χ1v) is 12.4. The lowest BCUT2D eigenvalue weighted by molar-refractivity contribution is -0.138. The van der Waals surface area contributed by atoms with E-state index in [9.17, 15) is 9.59 Å². The molecular formula is C28H36N4O3. The van der Waals surface area contributed by atoms with E-state index in [0.29, 0.717) is 38.3 Å². The van der Waals surface area contributed by atoms with Gasteiger partial charge in [-0.2, -0.15) is 0 Å². The molecular weight excluding hydrogens is 440 g/mol. The third kappa shape index (κ3) is 4.91. The van der Waals surface area contributed by atoms with E-state index in [0.717, 1.165) is 23.1 Å². The number of fused-ring (bicyclic) bond motifs is 1. The number of aliphatic carboxylic acids is 1. The zero-order valence-corrected chi connectivity index (χ0v) is 21.4. The fourth-order valence-corrected chi connectivity index (χ4v) is 5.22. The van der Waals surface area contributed by atoms with Crippen LogP contribution in [-0.2, 0) is 17.9 Å². The summed E-state index contributed by atoms with van der Waals surface area (Å²) in [5.74, 6) is -0.834. The van der Waals surface area contributed by atoms with Crippen LogP contribution < -0.4 is 5.32 Å². The number of carboxylic acids is 1. The largest absolute Gasteiger partial charge is 0.480 e. The molecule has 3 aromatic rings. The number of nitrogens with zero attached hydrogens (tertiary/aromatic N) is 3. The molecule has 4 rings (SSSR count). The summed E-state index contributed by atoms with van der Waals surface area (Å²) in [4.78, 5) is 28.3. The highest BCUT2D eigenvalue weighted by Gasteiger charge is 2.25. The molecule has 35 heavy (non-hydrogen) atoms. The van der Waals surface area contributed by atoms with Gasteiger partial charge in [-0.25, -0.2) is 0 Å². The van der Waals surface area contributed by atoms with Crippen LogP contribution in [0.15, 0.2) is 30.3 Å². The molecule has 2 aromatic carbocycles. The first-order valence-electron chi connectivity index (χ1n) is 12.4. The number of aromatic nitrogens is 1. The molecule has 1 saturated heterocycles. The molecule has 0 atom stereocenters. The number of amides is 1. The van der Waals surface area contributed by atoms with E-state index >= 15 is 0 Å². The molecule has 0 saturated carbocycles. The third-order valence-corrected chi connectivity index (χ3v) is 7.41. The molecule has 7 nitrogen and oxygen atoms in total. The Morgan fingerprint density at radius 1 is 1.00 bits per heavy atom. The average molecular weight is 477 g/mol. The molecule has 2 heterocycles. The van der Waals surface area contributed by atoms with Crippen LogP contribution in [0.1, 0.15) is 45.2 Å². The molecule has 186 valence electrons. The van der Waals surface area contributed by atoms with Gasteiger partial charge in [0.15, 0.2) is 0 Å². The minimum Gasteiger partial charge on any atom is -0.480 e. The highest BCUT2D eigenvalue weighted by molar-refractivity contribution is 6.04. The fraction of sp³-hybridized carbons (Fsp3) is 0.429. The van der Waals surface area contributed by atoms with Crippen molar-refractivity contribution >= 4 is 28.5 Å². The second-order valence-electron chi connectivity index (χ2n) is 9.56. The molecule has 1 fully saturated rings. The smallest absolute Gasteiger partial charge is 0.317 e. The van der Waals surface area contributed by atoms with Crippen LogP contribution in [0.2, 0.25) is 0 Å². The number of carbonyl (C=O) groups excluding carboxylic acids is 1. The Morgan fingerprint density at radius 3 is 2.26 bits per heavy atom. The summed E-state index contributed by atoms with van der Waals surface area (Å²) in [5.41, 5.74) is 8.95. The zero-order valence-electron chi connectivity index (χ0n) is 21.4. The van der Waals surface area contributed by atoms with Crippen LogP contribution in [0.4, 0.5) is 5.69 Å². The summed E-state index contributed by atoms with van der Waals surface area (Å²) in [7, 11) is 0. The van der Waals surface area contributed by atoms with Gasteiger partial charge in [-0.05, 0) is 69.0 Å².